The largest absolute Gasteiger partial charge is 0.395 e. The van der Waals surface area contributed by atoms with Gasteiger partial charge in [-0.05, 0) is 26.0 Å². The van der Waals surface area contributed by atoms with Gasteiger partial charge in [0.2, 0.25) is 0 Å². The second kappa shape index (κ2) is 5.90. The van der Waals surface area contributed by atoms with Crippen LogP contribution >= 0.6 is 0 Å². The fourth-order valence-corrected chi connectivity index (χ4v) is 1.03. The van der Waals surface area contributed by atoms with Gasteiger partial charge in [-0.2, -0.15) is 0 Å². The summed E-state index contributed by atoms with van der Waals surface area (Å²) < 4.78 is 0. The highest BCUT2D eigenvalue weighted by molar-refractivity contribution is 5.96. The average Bonchev–Trinajstić information content (AvgIpc) is 2.24. The van der Waals surface area contributed by atoms with Gasteiger partial charge >= 0.3 is 0 Å². The number of carbonyl (C=O) groups excluding carboxylic acids is 1. The molecule has 0 fully saturated rings. The minimum Gasteiger partial charge on any atom is -0.395 e. The Morgan fingerprint density at radius 3 is 3.07 bits per heavy atom. The molecule has 1 rings (SSSR count). The van der Waals surface area contributed by atoms with E-state index in [-0.39, 0.29) is 0 Å². The topological polar surface area (TPSA) is 51.5 Å². The standard InChI is InChI=1S/C11H14N2O2/c1-9-5-3-6-11(12-9)10(2)13-15-8-4-7-14/h3,5-7H,4,8H2,1-2H3. The van der Waals surface area contributed by atoms with Crippen LogP contribution in [-0.4, -0.2) is 23.6 Å². The second-order valence-electron chi connectivity index (χ2n) is 3.13. The average molecular weight is 206 g/mol. The van der Waals surface area contributed by atoms with E-state index in [9.17, 15) is 4.79 Å². The summed E-state index contributed by atoms with van der Waals surface area (Å²) in [5.41, 5.74) is 2.45. The molecule has 0 aliphatic rings. The highest BCUT2D eigenvalue weighted by Crippen LogP contribution is 2.00. The van der Waals surface area contributed by atoms with E-state index < -0.39 is 0 Å². The molecule has 0 unspecified atom stereocenters. The van der Waals surface area contributed by atoms with Gasteiger partial charge in [-0.1, -0.05) is 11.2 Å². The van der Waals surface area contributed by atoms with Gasteiger partial charge < -0.3 is 9.63 Å². The minimum absolute atomic E-state index is 0.312. The molecule has 0 saturated heterocycles. The molecule has 0 amide bonds. The van der Waals surface area contributed by atoms with Crippen LogP contribution in [0.25, 0.3) is 0 Å². The Morgan fingerprint density at radius 2 is 2.40 bits per heavy atom. The van der Waals surface area contributed by atoms with Gasteiger partial charge in [-0.3, -0.25) is 4.98 Å². The number of hydrogen-bond acceptors (Lipinski definition) is 4. The molecule has 1 heterocycles. The number of aryl methyl sites for hydroxylation is 1. The number of rotatable bonds is 5. The smallest absolute Gasteiger partial charge is 0.123 e. The van der Waals surface area contributed by atoms with Crippen LogP contribution in [0, 0.1) is 6.92 Å². The second-order valence-corrected chi connectivity index (χ2v) is 3.13. The number of aromatic nitrogens is 1. The Bertz CT molecular complexity index is 361. The maximum atomic E-state index is 10.0. The molecule has 0 atom stereocenters. The molecule has 0 bridgehead atoms. The Labute approximate surface area is 89.0 Å². The van der Waals surface area contributed by atoms with E-state index in [1.807, 2.05) is 32.0 Å². The van der Waals surface area contributed by atoms with Crippen LogP contribution in [0.3, 0.4) is 0 Å². The van der Waals surface area contributed by atoms with E-state index in [4.69, 9.17) is 4.84 Å². The van der Waals surface area contributed by atoms with Gasteiger partial charge in [-0.15, -0.1) is 0 Å². The van der Waals surface area contributed by atoms with Crippen molar-refractivity contribution in [3.05, 3.63) is 29.6 Å². The summed E-state index contributed by atoms with van der Waals surface area (Å²) in [6.07, 6.45) is 1.16. The molecule has 0 N–H and O–H groups in total. The summed E-state index contributed by atoms with van der Waals surface area (Å²) >= 11 is 0. The summed E-state index contributed by atoms with van der Waals surface area (Å²) in [6.45, 7) is 4.05. The lowest BCUT2D eigenvalue weighted by Crippen LogP contribution is -2.01. The van der Waals surface area contributed by atoms with Crippen molar-refractivity contribution in [2.24, 2.45) is 5.16 Å². The quantitative estimate of drug-likeness (QED) is 0.319. The number of hydrogen-bond donors (Lipinski definition) is 0. The van der Waals surface area contributed by atoms with Crippen LogP contribution in [-0.2, 0) is 9.63 Å². The molecule has 0 radical (unpaired) electrons. The molecule has 0 aromatic carbocycles. The van der Waals surface area contributed by atoms with Gasteiger partial charge in [0.25, 0.3) is 0 Å². The summed E-state index contributed by atoms with van der Waals surface area (Å²) in [6, 6.07) is 5.71. The van der Waals surface area contributed by atoms with Crippen molar-refractivity contribution in [1.82, 2.24) is 4.98 Å². The molecule has 1 aromatic heterocycles. The van der Waals surface area contributed by atoms with Crippen LogP contribution in [0.1, 0.15) is 24.7 Å². The molecule has 4 nitrogen and oxygen atoms in total. The third-order valence-electron chi connectivity index (χ3n) is 1.79. The lowest BCUT2D eigenvalue weighted by Gasteiger charge is -2.01. The van der Waals surface area contributed by atoms with Crippen LogP contribution in [0.15, 0.2) is 23.4 Å². The van der Waals surface area contributed by atoms with Gasteiger partial charge in [0.1, 0.15) is 18.6 Å². The first kappa shape index (κ1) is 11.4. The predicted octanol–water partition coefficient (Wildman–Crippen LogP) is 1.72. The fraction of sp³-hybridized carbons (Fsp3) is 0.364. The summed E-state index contributed by atoms with van der Waals surface area (Å²) in [5.74, 6) is 0. The molecule has 15 heavy (non-hydrogen) atoms. The molecule has 1 aromatic rings. The van der Waals surface area contributed by atoms with Crippen molar-refractivity contribution in [2.75, 3.05) is 6.61 Å². The molecule has 4 heteroatoms. The summed E-state index contributed by atoms with van der Waals surface area (Å²) in [4.78, 5) is 19.3. The predicted molar refractivity (Wildman–Crippen MR) is 57.8 cm³/mol. The summed E-state index contributed by atoms with van der Waals surface area (Å²) in [7, 11) is 0. The van der Waals surface area contributed by atoms with Gasteiger partial charge in [0.15, 0.2) is 0 Å². The minimum atomic E-state index is 0.312. The monoisotopic (exact) mass is 206 g/mol. The maximum Gasteiger partial charge on any atom is 0.123 e. The van der Waals surface area contributed by atoms with Crippen molar-refractivity contribution in [3.8, 4) is 0 Å². The molecule has 0 aliphatic heterocycles. The first-order valence-corrected chi connectivity index (χ1v) is 4.78. The van der Waals surface area contributed by atoms with Crippen molar-refractivity contribution in [1.29, 1.82) is 0 Å². The van der Waals surface area contributed by atoms with Gasteiger partial charge in [0, 0.05) is 12.1 Å². The van der Waals surface area contributed by atoms with Crippen molar-refractivity contribution < 1.29 is 9.63 Å². The molecule has 80 valence electrons. The molecule has 0 aliphatic carbocycles. The maximum absolute atomic E-state index is 10.0. The highest BCUT2D eigenvalue weighted by Gasteiger charge is 1.99. The van der Waals surface area contributed by atoms with Crippen molar-refractivity contribution >= 4 is 12.0 Å². The van der Waals surface area contributed by atoms with E-state index >= 15 is 0 Å². The third kappa shape index (κ3) is 3.89. The zero-order valence-electron chi connectivity index (χ0n) is 8.93. The Morgan fingerprint density at radius 1 is 1.60 bits per heavy atom. The number of aldehydes is 1. The molecule has 0 spiro atoms. The van der Waals surface area contributed by atoms with E-state index in [0.717, 1.165) is 17.7 Å². The summed E-state index contributed by atoms with van der Waals surface area (Å²) in [5, 5.41) is 3.87. The normalized spacial score (nSPS) is 11.2. The van der Waals surface area contributed by atoms with Gasteiger partial charge in [-0.25, -0.2) is 0 Å². The molecular formula is C11H14N2O2. The molecular weight excluding hydrogens is 192 g/mol. The zero-order chi connectivity index (χ0) is 11.1. The third-order valence-corrected chi connectivity index (χ3v) is 1.79. The van der Waals surface area contributed by atoms with Crippen molar-refractivity contribution in [2.45, 2.75) is 20.3 Å². The van der Waals surface area contributed by atoms with Crippen LogP contribution < -0.4 is 0 Å². The lowest BCUT2D eigenvalue weighted by molar-refractivity contribution is -0.108. The number of carbonyl (C=O) groups is 1. The van der Waals surface area contributed by atoms with Crippen molar-refractivity contribution in [3.63, 3.8) is 0 Å². The first-order chi connectivity index (χ1) is 7.24. The Kier molecular flexibility index (Phi) is 4.47. The van der Waals surface area contributed by atoms with Crippen LogP contribution in [0.4, 0.5) is 0 Å². The fourth-order valence-electron chi connectivity index (χ4n) is 1.03. The zero-order valence-corrected chi connectivity index (χ0v) is 8.93. The lowest BCUT2D eigenvalue weighted by atomic mass is 10.2. The first-order valence-electron chi connectivity index (χ1n) is 4.78. The number of nitrogens with zero attached hydrogens (tertiary/aromatic N) is 2. The van der Waals surface area contributed by atoms with E-state index in [1.165, 1.54) is 0 Å². The van der Waals surface area contributed by atoms with E-state index in [1.54, 1.807) is 0 Å². The van der Waals surface area contributed by atoms with Crippen LogP contribution in [0.5, 0.6) is 0 Å². The Hall–Kier alpha value is -1.71. The van der Waals surface area contributed by atoms with Crippen LogP contribution in [0.2, 0.25) is 0 Å². The van der Waals surface area contributed by atoms with E-state index in [2.05, 4.69) is 10.1 Å². The SMILES string of the molecule is CC(=NOCCC=O)c1cccc(C)n1. The number of pyridine rings is 1. The molecule has 0 saturated carbocycles. The Balaban J connectivity index is 2.59. The van der Waals surface area contributed by atoms with Gasteiger partial charge in [0.05, 0.1) is 5.69 Å². The van der Waals surface area contributed by atoms with E-state index in [0.29, 0.717) is 18.7 Å². The highest BCUT2D eigenvalue weighted by atomic mass is 16.6. The number of oxime groups is 1.